The second kappa shape index (κ2) is 9.44. The first kappa shape index (κ1) is 20.7. The summed E-state index contributed by atoms with van der Waals surface area (Å²) in [7, 11) is 0. The number of ketones is 1. The topological polar surface area (TPSA) is 46.6 Å². The van der Waals surface area contributed by atoms with Crippen LogP contribution in [0.25, 0.3) is 0 Å². The fraction of sp³-hybridized carbons (Fsp3) is 0.364. The van der Waals surface area contributed by atoms with Crippen molar-refractivity contribution >= 4 is 34.9 Å². The number of hydrogen-bond donors (Lipinski definition) is 0. The van der Waals surface area contributed by atoms with Crippen LogP contribution in [-0.4, -0.2) is 36.3 Å². The van der Waals surface area contributed by atoms with Gasteiger partial charge in [-0.05, 0) is 55.7 Å². The van der Waals surface area contributed by atoms with Gasteiger partial charge in [0, 0.05) is 30.1 Å². The Bertz CT molecular complexity index is 861. The Kier molecular flexibility index (Phi) is 6.97. The van der Waals surface area contributed by atoms with Crippen LogP contribution >= 0.6 is 23.2 Å². The monoisotopic (exact) mass is 419 g/mol. The van der Waals surface area contributed by atoms with Crippen molar-refractivity contribution in [3.05, 3.63) is 63.6 Å². The van der Waals surface area contributed by atoms with Crippen LogP contribution in [-0.2, 0) is 0 Å². The lowest BCUT2D eigenvalue weighted by molar-refractivity contribution is 0.0650. The van der Waals surface area contributed by atoms with E-state index in [-0.39, 0.29) is 17.6 Å². The molecule has 0 atom stereocenters. The minimum absolute atomic E-state index is 0.0256. The summed E-state index contributed by atoms with van der Waals surface area (Å²) in [5.41, 5.74) is 1.18. The maximum atomic E-state index is 12.8. The zero-order valence-corrected chi connectivity index (χ0v) is 17.3. The van der Waals surface area contributed by atoms with Gasteiger partial charge in [0.1, 0.15) is 5.75 Å². The molecule has 2 aromatic carbocycles. The number of hydrogen-bond acceptors (Lipinski definition) is 3. The molecule has 1 aliphatic heterocycles. The quantitative estimate of drug-likeness (QED) is 0.579. The van der Waals surface area contributed by atoms with Crippen LogP contribution in [0.3, 0.4) is 0 Å². The van der Waals surface area contributed by atoms with Gasteiger partial charge in [-0.2, -0.15) is 0 Å². The average molecular weight is 420 g/mol. The Morgan fingerprint density at radius 3 is 2.46 bits per heavy atom. The van der Waals surface area contributed by atoms with Gasteiger partial charge < -0.3 is 9.64 Å². The van der Waals surface area contributed by atoms with E-state index in [0.29, 0.717) is 59.5 Å². The van der Waals surface area contributed by atoms with E-state index in [1.807, 2.05) is 19.1 Å². The van der Waals surface area contributed by atoms with Crippen molar-refractivity contribution < 1.29 is 14.3 Å². The highest BCUT2D eigenvalue weighted by molar-refractivity contribution is 6.42. The number of carbonyl (C=O) groups is 2. The summed E-state index contributed by atoms with van der Waals surface area (Å²) >= 11 is 12.0. The molecule has 0 bridgehead atoms. The summed E-state index contributed by atoms with van der Waals surface area (Å²) in [6, 6.07) is 12.2. The minimum atomic E-state index is -0.111. The molecular formula is C22H23Cl2NO3. The predicted octanol–water partition coefficient (Wildman–Crippen LogP) is 5.52. The third-order valence-electron chi connectivity index (χ3n) is 4.91. The summed E-state index contributed by atoms with van der Waals surface area (Å²) < 4.78 is 5.61. The van der Waals surface area contributed by atoms with E-state index < -0.39 is 0 Å². The van der Waals surface area contributed by atoms with Gasteiger partial charge in [0.25, 0.3) is 5.91 Å². The summed E-state index contributed by atoms with van der Waals surface area (Å²) in [5.74, 6) is 0.626. The molecule has 6 heteroatoms. The minimum Gasteiger partial charge on any atom is -0.494 e. The van der Waals surface area contributed by atoms with Crippen LogP contribution in [0.4, 0.5) is 0 Å². The summed E-state index contributed by atoms with van der Waals surface area (Å²) in [4.78, 5) is 27.3. The maximum absolute atomic E-state index is 12.8. The van der Waals surface area contributed by atoms with Crippen LogP contribution in [0.5, 0.6) is 5.75 Å². The third kappa shape index (κ3) is 4.86. The molecule has 28 heavy (non-hydrogen) atoms. The fourth-order valence-corrected chi connectivity index (χ4v) is 3.65. The molecule has 0 aromatic heterocycles. The average Bonchev–Trinajstić information content (AvgIpc) is 2.73. The molecule has 0 unspecified atom stereocenters. The van der Waals surface area contributed by atoms with E-state index in [2.05, 4.69) is 0 Å². The normalized spacial score (nSPS) is 14.8. The first-order valence-corrected chi connectivity index (χ1v) is 10.3. The Morgan fingerprint density at radius 2 is 1.79 bits per heavy atom. The number of carbonyl (C=O) groups excluding carboxylic acids is 2. The number of likely N-dealkylation sites (tertiary alicyclic amines) is 1. The van der Waals surface area contributed by atoms with Crippen molar-refractivity contribution in [1.29, 1.82) is 0 Å². The number of piperidine rings is 1. The van der Waals surface area contributed by atoms with Crippen molar-refractivity contribution in [2.24, 2.45) is 5.92 Å². The van der Waals surface area contributed by atoms with E-state index in [1.54, 1.807) is 35.2 Å². The molecule has 1 saturated heterocycles. The Hall–Kier alpha value is -2.04. The number of ether oxygens (including phenoxy) is 1. The summed E-state index contributed by atoms with van der Waals surface area (Å²) in [5, 5.41) is 0.814. The van der Waals surface area contributed by atoms with E-state index in [4.69, 9.17) is 27.9 Å². The van der Waals surface area contributed by atoms with E-state index >= 15 is 0 Å². The maximum Gasteiger partial charge on any atom is 0.253 e. The third-order valence-corrected chi connectivity index (χ3v) is 5.65. The van der Waals surface area contributed by atoms with Crippen molar-refractivity contribution in [2.45, 2.75) is 26.2 Å². The lowest BCUT2D eigenvalue weighted by Gasteiger charge is -2.31. The van der Waals surface area contributed by atoms with Gasteiger partial charge in [0.2, 0.25) is 0 Å². The van der Waals surface area contributed by atoms with E-state index in [1.165, 1.54) is 0 Å². The van der Waals surface area contributed by atoms with Crippen molar-refractivity contribution in [1.82, 2.24) is 4.90 Å². The van der Waals surface area contributed by atoms with Crippen LogP contribution in [0.15, 0.2) is 42.5 Å². The second-order valence-corrected chi connectivity index (χ2v) is 7.75. The zero-order chi connectivity index (χ0) is 20.1. The smallest absolute Gasteiger partial charge is 0.253 e. The molecule has 0 N–H and O–H groups in total. The van der Waals surface area contributed by atoms with Gasteiger partial charge in [0.15, 0.2) is 5.78 Å². The molecule has 4 nitrogen and oxygen atoms in total. The first-order valence-electron chi connectivity index (χ1n) is 9.51. The Morgan fingerprint density at radius 1 is 1.04 bits per heavy atom. The highest BCUT2D eigenvalue weighted by atomic mass is 35.5. The number of halogens is 2. The lowest BCUT2D eigenvalue weighted by Crippen LogP contribution is -2.40. The first-order chi connectivity index (χ1) is 13.5. The zero-order valence-electron chi connectivity index (χ0n) is 15.8. The molecule has 0 spiro atoms. The van der Waals surface area contributed by atoms with Gasteiger partial charge >= 0.3 is 0 Å². The lowest BCUT2D eigenvalue weighted by atomic mass is 9.88. The van der Waals surface area contributed by atoms with Crippen molar-refractivity contribution in [3.8, 4) is 5.75 Å². The molecule has 0 radical (unpaired) electrons. The standard InChI is InChI=1S/C22H23Cl2NO3/c1-2-12-28-18-5-3-4-17(13-18)22(27)25-10-8-15(9-11-25)21(26)16-6-7-19(23)20(24)14-16/h3-7,13-15H,2,8-12H2,1H3. The van der Waals surface area contributed by atoms with E-state index in [9.17, 15) is 9.59 Å². The molecule has 0 saturated carbocycles. The number of rotatable bonds is 6. The van der Waals surface area contributed by atoms with Gasteiger partial charge in [-0.3, -0.25) is 9.59 Å². The Balaban J connectivity index is 1.61. The number of Topliss-reactive ketones (excluding diaryl/α,β-unsaturated/α-hetero) is 1. The SMILES string of the molecule is CCCOc1cccc(C(=O)N2CCC(C(=O)c3ccc(Cl)c(Cl)c3)CC2)c1. The summed E-state index contributed by atoms with van der Waals surface area (Å²) in [6.07, 6.45) is 2.19. The molecule has 1 fully saturated rings. The van der Waals surface area contributed by atoms with Crippen LogP contribution in [0.1, 0.15) is 46.9 Å². The Labute approximate surface area is 175 Å². The van der Waals surface area contributed by atoms with Crippen LogP contribution in [0, 0.1) is 5.92 Å². The highest BCUT2D eigenvalue weighted by Crippen LogP contribution is 2.27. The molecule has 148 valence electrons. The van der Waals surface area contributed by atoms with Crippen LogP contribution < -0.4 is 4.74 Å². The predicted molar refractivity (Wildman–Crippen MR) is 112 cm³/mol. The van der Waals surface area contributed by atoms with Crippen LogP contribution in [0.2, 0.25) is 10.0 Å². The van der Waals surface area contributed by atoms with Crippen molar-refractivity contribution in [3.63, 3.8) is 0 Å². The molecule has 3 rings (SSSR count). The fourth-order valence-electron chi connectivity index (χ4n) is 3.35. The molecular weight excluding hydrogens is 397 g/mol. The van der Waals surface area contributed by atoms with Gasteiger partial charge in [0.05, 0.1) is 16.7 Å². The van der Waals surface area contributed by atoms with E-state index in [0.717, 1.165) is 6.42 Å². The molecule has 1 aliphatic rings. The van der Waals surface area contributed by atoms with Gasteiger partial charge in [-0.15, -0.1) is 0 Å². The summed E-state index contributed by atoms with van der Waals surface area (Å²) in [6.45, 7) is 3.77. The van der Waals surface area contributed by atoms with Gasteiger partial charge in [-0.25, -0.2) is 0 Å². The molecule has 0 aliphatic carbocycles. The van der Waals surface area contributed by atoms with Gasteiger partial charge in [-0.1, -0.05) is 36.2 Å². The largest absolute Gasteiger partial charge is 0.494 e. The molecule has 1 heterocycles. The number of nitrogens with zero attached hydrogens (tertiary/aromatic N) is 1. The molecule has 1 amide bonds. The van der Waals surface area contributed by atoms with Crippen molar-refractivity contribution in [2.75, 3.05) is 19.7 Å². The molecule has 2 aromatic rings. The highest BCUT2D eigenvalue weighted by Gasteiger charge is 2.28. The second-order valence-electron chi connectivity index (χ2n) is 6.94. The number of benzene rings is 2. The number of amides is 1.